The van der Waals surface area contributed by atoms with Gasteiger partial charge >= 0.3 is 5.30 Å². The largest absolute Gasteiger partial charge is 0.458 e. The molecule has 0 aliphatic heterocycles. The summed E-state index contributed by atoms with van der Waals surface area (Å²) in [7, 11) is 0. The predicted octanol–water partition coefficient (Wildman–Crippen LogP) is 1.91. The van der Waals surface area contributed by atoms with E-state index in [1.807, 2.05) is 30.3 Å². The highest BCUT2D eigenvalue weighted by atomic mass is 32.2. The van der Waals surface area contributed by atoms with Crippen LogP contribution in [0.5, 0.6) is 0 Å². The average molecular weight is 250 g/mol. The summed E-state index contributed by atoms with van der Waals surface area (Å²) in [6, 6.07) is 9.34. The molecular weight excluding hydrogens is 240 g/mol. The lowest BCUT2D eigenvalue weighted by Gasteiger charge is -2.02. The molecule has 0 bridgehead atoms. The Kier molecular flexibility index (Phi) is 3.71. The fourth-order valence-corrected chi connectivity index (χ4v) is 1.83. The Balaban J connectivity index is 2.20. The molecule has 7 heteroatoms. The molecule has 1 heterocycles. The van der Waals surface area contributed by atoms with Gasteiger partial charge in [-0.1, -0.05) is 18.2 Å². The smallest absolute Gasteiger partial charge is 0.375 e. The van der Waals surface area contributed by atoms with E-state index in [1.54, 1.807) is 6.92 Å². The Morgan fingerprint density at radius 1 is 1.41 bits per heavy atom. The number of rotatable bonds is 3. The number of tetrazole rings is 1. The first-order valence-electron chi connectivity index (χ1n) is 4.99. The fraction of sp³-hybridized carbons (Fsp3) is 0.200. The molecule has 0 unspecified atom stereocenters. The molecule has 1 aromatic carbocycles. The van der Waals surface area contributed by atoms with Crippen molar-refractivity contribution in [3.05, 3.63) is 30.3 Å². The Labute approximate surface area is 102 Å². The summed E-state index contributed by atoms with van der Waals surface area (Å²) in [6.45, 7) is 2.08. The van der Waals surface area contributed by atoms with E-state index in [9.17, 15) is 4.79 Å². The molecule has 2 aromatic rings. The van der Waals surface area contributed by atoms with E-state index in [0.717, 1.165) is 17.4 Å². The SMILES string of the molecule is CCOC(=O)Sc1nnnn1-c1ccccc1. The van der Waals surface area contributed by atoms with Crippen molar-refractivity contribution >= 4 is 17.1 Å². The van der Waals surface area contributed by atoms with Gasteiger partial charge in [-0.05, 0) is 29.5 Å². The van der Waals surface area contributed by atoms with Gasteiger partial charge in [0.25, 0.3) is 0 Å². The molecule has 0 spiro atoms. The maximum Gasteiger partial charge on any atom is 0.375 e. The minimum Gasteiger partial charge on any atom is -0.458 e. The lowest BCUT2D eigenvalue weighted by molar-refractivity contribution is 0.181. The van der Waals surface area contributed by atoms with Crippen molar-refractivity contribution in [2.45, 2.75) is 12.1 Å². The molecule has 0 N–H and O–H groups in total. The fourth-order valence-electron chi connectivity index (χ4n) is 1.20. The van der Waals surface area contributed by atoms with Gasteiger partial charge < -0.3 is 4.74 Å². The van der Waals surface area contributed by atoms with Gasteiger partial charge in [-0.2, -0.15) is 4.68 Å². The van der Waals surface area contributed by atoms with Gasteiger partial charge in [0.1, 0.15) is 0 Å². The van der Waals surface area contributed by atoms with Gasteiger partial charge in [0.05, 0.1) is 12.3 Å². The highest BCUT2D eigenvalue weighted by Crippen LogP contribution is 2.19. The summed E-state index contributed by atoms with van der Waals surface area (Å²) in [5, 5.41) is 11.1. The normalized spacial score (nSPS) is 10.2. The summed E-state index contributed by atoms with van der Waals surface area (Å²) >= 11 is 0.862. The van der Waals surface area contributed by atoms with Gasteiger partial charge in [-0.3, -0.25) is 0 Å². The molecule has 0 radical (unpaired) electrons. The van der Waals surface area contributed by atoms with Crippen LogP contribution in [-0.4, -0.2) is 32.1 Å². The number of carbonyl (C=O) groups is 1. The predicted molar refractivity (Wildman–Crippen MR) is 62.0 cm³/mol. The Hall–Kier alpha value is -1.89. The van der Waals surface area contributed by atoms with Crippen molar-refractivity contribution in [1.82, 2.24) is 20.2 Å². The zero-order valence-electron chi connectivity index (χ0n) is 9.11. The molecule has 0 saturated carbocycles. The topological polar surface area (TPSA) is 69.9 Å². The Morgan fingerprint density at radius 2 is 2.18 bits per heavy atom. The van der Waals surface area contributed by atoms with Crippen molar-refractivity contribution in [2.75, 3.05) is 6.61 Å². The van der Waals surface area contributed by atoms with Gasteiger partial charge in [0, 0.05) is 11.8 Å². The van der Waals surface area contributed by atoms with Crippen molar-refractivity contribution in [1.29, 1.82) is 0 Å². The van der Waals surface area contributed by atoms with Crippen LogP contribution in [0.2, 0.25) is 0 Å². The second kappa shape index (κ2) is 5.44. The molecule has 6 nitrogen and oxygen atoms in total. The lowest BCUT2D eigenvalue weighted by atomic mass is 10.3. The summed E-state index contributed by atoms with van der Waals surface area (Å²) < 4.78 is 6.31. The summed E-state index contributed by atoms with van der Waals surface area (Å²) in [4.78, 5) is 11.3. The second-order valence-electron chi connectivity index (χ2n) is 2.99. The number of ether oxygens (including phenoxy) is 1. The zero-order chi connectivity index (χ0) is 12.1. The molecule has 88 valence electrons. The van der Waals surface area contributed by atoms with Crippen LogP contribution in [-0.2, 0) is 4.74 Å². The average Bonchev–Trinajstić information content (AvgIpc) is 2.78. The van der Waals surface area contributed by atoms with Gasteiger partial charge in [0.2, 0.25) is 5.16 Å². The first-order valence-corrected chi connectivity index (χ1v) is 5.81. The van der Waals surface area contributed by atoms with Gasteiger partial charge in [-0.25, -0.2) is 4.79 Å². The number of thioether (sulfide) groups is 1. The molecule has 0 fully saturated rings. The summed E-state index contributed by atoms with van der Waals surface area (Å²) in [5.74, 6) is 0. The number of benzene rings is 1. The number of carbonyl (C=O) groups excluding carboxylic acids is 1. The van der Waals surface area contributed by atoms with E-state index < -0.39 is 5.30 Å². The third-order valence-corrected chi connectivity index (χ3v) is 2.60. The van der Waals surface area contributed by atoms with Crippen LogP contribution in [0, 0.1) is 0 Å². The van der Waals surface area contributed by atoms with Crippen LogP contribution < -0.4 is 0 Å². The maximum atomic E-state index is 11.3. The van der Waals surface area contributed by atoms with Crippen LogP contribution in [0.4, 0.5) is 4.79 Å². The molecule has 0 aliphatic rings. The van der Waals surface area contributed by atoms with E-state index in [2.05, 4.69) is 15.5 Å². The summed E-state index contributed by atoms with van der Waals surface area (Å²) in [6.07, 6.45) is 0. The van der Waals surface area contributed by atoms with E-state index in [-0.39, 0.29) is 0 Å². The van der Waals surface area contributed by atoms with Gasteiger partial charge in [-0.15, -0.1) is 5.10 Å². The molecule has 1 aromatic heterocycles. The van der Waals surface area contributed by atoms with Crippen LogP contribution in [0.25, 0.3) is 5.69 Å². The van der Waals surface area contributed by atoms with E-state index in [0.29, 0.717) is 11.8 Å². The Morgan fingerprint density at radius 3 is 2.88 bits per heavy atom. The number of hydrogen-bond donors (Lipinski definition) is 0. The second-order valence-corrected chi connectivity index (χ2v) is 3.90. The monoisotopic (exact) mass is 250 g/mol. The quantitative estimate of drug-likeness (QED) is 0.612. The number of nitrogens with zero attached hydrogens (tertiary/aromatic N) is 4. The van der Waals surface area contributed by atoms with Gasteiger partial charge in [0.15, 0.2) is 0 Å². The molecular formula is C10H10N4O2S. The van der Waals surface area contributed by atoms with Crippen LogP contribution in [0.15, 0.2) is 35.5 Å². The van der Waals surface area contributed by atoms with E-state index >= 15 is 0 Å². The number of para-hydroxylation sites is 1. The van der Waals surface area contributed by atoms with Crippen LogP contribution in [0.3, 0.4) is 0 Å². The minimum atomic E-state index is -0.417. The first-order chi connectivity index (χ1) is 8.31. The first kappa shape index (κ1) is 11.6. The van der Waals surface area contributed by atoms with E-state index in [1.165, 1.54) is 4.68 Å². The molecule has 17 heavy (non-hydrogen) atoms. The summed E-state index contributed by atoms with van der Waals surface area (Å²) in [5.41, 5.74) is 0.796. The van der Waals surface area contributed by atoms with Crippen LogP contribution in [0.1, 0.15) is 6.92 Å². The maximum absolute atomic E-state index is 11.3. The van der Waals surface area contributed by atoms with Crippen molar-refractivity contribution < 1.29 is 9.53 Å². The van der Waals surface area contributed by atoms with Crippen molar-refractivity contribution in [2.24, 2.45) is 0 Å². The van der Waals surface area contributed by atoms with Crippen LogP contribution >= 0.6 is 11.8 Å². The standard InChI is InChI=1S/C10H10N4O2S/c1-2-16-10(15)17-9-11-12-13-14(9)8-6-4-3-5-7-8/h3-7H,2H2,1H3. The van der Waals surface area contributed by atoms with Crippen molar-refractivity contribution in [3.8, 4) is 5.69 Å². The minimum absolute atomic E-state index is 0.332. The Bertz CT molecular complexity index is 500. The lowest BCUT2D eigenvalue weighted by Crippen LogP contribution is -2.02. The molecule has 2 rings (SSSR count). The highest BCUT2D eigenvalue weighted by Gasteiger charge is 2.14. The third-order valence-electron chi connectivity index (χ3n) is 1.88. The molecule has 0 amide bonds. The third kappa shape index (κ3) is 2.82. The van der Waals surface area contributed by atoms with E-state index in [4.69, 9.17) is 4.74 Å². The zero-order valence-corrected chi connectivity index (χ0v) is 9.92. The molecule has 0 saturated heterocycles. The molecule has 0 atom stereocenters. The number of hydrogen-bond acceptors (Lipinski definition) is 6. The molecule has 0 aliphatic carbocycles. The highest BCUT2D eigenvalue weighted by molar-refractivity contribution is 8.13. The number of aromatic nitrogens is 4. The van der Waals surface area contributed by atoms with Crippen molar-refractivity contribution in [3.63, 3.8) is 0 Å².